The summed E-state index contributed by atoms with van der Waals surface area (Å²) in [6, 6.07) is 3.42. The van der Waals surface area contributed by atoms with Crippen LogP contribution in [-0.4, -0.2) is 10.5 Å². The number of pyridine rings is 1. The molecule has 0 fully saturated rings. The molecular weight excluding hydrogens is 400 g/mol. The predicted octanol–water partition coefficient (Wildman–Crippen LogP) is 7.15. The lowest BCUT2D eigenvalue weighted by molar-refractivity contribution is -0.143. The first-order chi connectivity index (χ1) is 15.3. The number of carbonyl (C=O) groups is 1. The van der Waals surface area contributed by atoms with Gasteiger partial charge < -0.3 is 9.30 Å². The Morgan fingerprint density at radius 1 is 0.906 bits per heavy atom. The summed E-state index contributed by atoms with van der Waals surface area (Å²) in [6.07, 6.45) is 19.7. The smallest absolute Gasteiger partial charge is 0.316 e. The third-order valence-electron chi connectivity index (χ3n) is 5.80. The van der Waals surface area contributed by atoms with E-state index < -0.39 is 16.8 Å². The summed E-state index contributed by atoms with van der Waals surface area (Å²) < 4.78 is 7.03. The first-order valence-corrected chi connectivity index (χ1v) is 12.7. The molecule has 0 aliphatic rings. The van der Waals surface area contributed by atoms with Crippen LogP contribution >= 0.6 is 0 Å². The van der Waals surface area contributed by atoms with Crippen LogP contribution in [-0.2, 0) is 11.3 Å². The van der Waals surface area contributed by atoms with Gasteiger partial charge in [0.2, 0.25) is 11.2 Å². The lowest BCUT2D eigenvalue weighted by atomic mass is 9.97. The molecular formula is C27H44N2O3. The number of carbonyl (C=O) groups excluding carboxylic acids is 1. The number of aryl methyl sites for hydroxylation is 1. The number of ether oxygens (including phenoxy) is 1. The Labute approximate surface area is 195 Å². The van der Waals surface area contributed by atoms with E-state index >= 15 is 0 Å². The van der Waals surface area contributed by atoms with E-state index in [4.69, 9.17) is 4.74 Å². The summed E-state index contributed by atoms with van der Waals surface area (Å²) in [5.41, 5.74) is -1.05. The average molecular weight is 445 g/mol. The Kier molecular flexibility index (Phi) is 13.7. The van der Waals surface area contributed by atoms with Crippen LogP contribution in [0, 0.1) is 16.7 Å². The fourth-order valence-corrected chi connectivity index (χ4v) is 3.68. The lowest BCUT2D eigenvalue weighted by Gasteiger charge is -2.18. The number of hydrogen-bond donors (Lipinski definition) is 0. The van der Waals surface area contributed by atoms with Crippen molar-refractivity contribution in [3.63, 3.8) is 0 Å². The summed E-state index contributed by atoms with van der Waals surface area (Å²) in [5.74, 6) is -0.666. The van der Waals surface area contributed by atoms with Crippen molar-refractivity contribution >= 4 is 5.97 Å². The lowest BCUT2D eigenvalue weighted by Crippen LogP contribution is -2.28. The number of hydrogen-bond acceptors (Lipinski definition) is 4. The van der Waals surface area contributed by atoms with E-state index in [1.807, 2.05) is 6.07 Å². The van der Waals surface area contributed by atoms with Crippen molar-refractivity contribution in [3.8, 4) is 11.8 Å². The number of unbranched alkanes of at least 4 members (excludes halogenated alkanes) is 13. The van der Waals surface area contributed by atoms with Gasteiger partial charge in [0.25, 0.3) is 0 Å². The normalized spacial score (nSPS) is 11.3. The van der Waals surface area contributed by atoms with Crippen LogP contribution in [0.2, 0.25) is 0 Å². The minimum absolute atomic E-state index is 0.129. The van der Waals surface area contributed by atoms with Gasteiger partial charge in [-0.25, -0.2) is 0 Å². The first kappa shape index (κ1) is 27.9. The molecule has 0 spiro atoms. The highest BCUT2D eigenvalue weighted by Crippen LogP contribution is 2.20. The van der Waals surface area contributed by atoms with Gasteiger partial charge in [-0.2, -0.15) is 5.26 Å². The molecule has 0 radical (unpaired) electrons. The second-order valence-corrected chi connectivity index (χ2v) is 9.90. The van der Waals surface area contributed by atoms with E-state index in [0.29, 0.717) is 6.54 Å². The van der Waals surface area contributed by atoms with Crippen LogP contribution in [0.25, 0.3) is 0 Å². The molecule has 1 aromatic heterocycles. The second-order valence-electron chi connectivity index (χ2n) is 9.90. The van der Waals surface area contributed by atoms with Crippen molar-refractivity contribution in [2.24, 2.45) is 5.41 Å². The van der Waals surface area contributed by atoms with Gasteiger partial charge in [0.1, 0.15) is 6.07 Å². The van der Waals surface area contributed by atoms with Crippen molar-refractivity contribution in [2.75, 3.05) is 0 Å². The number of nitriles is 1. The van der Waals surface area contributed by atoms with Crippen LogP contribution in [0.5, 0.6) is 5.75 Å². The highest BCUT2D eigenvalue weighted by molar-refractivity contribution is 5.78. The van der Waals surface area contributed by atoms with Crippen molar-refractivity contribution in [3.05, 3.63) is 28.2 Å². The molecule has 0 N–H and O–H groups in total. The summed E-state index contributed by atoms with van der Waals surface area (Å²) >= 11 is 0. The molecule has 180 valence electrons. The molecule has 0 aliphatic carbocycles. The van der Waals surface area contributed by atoms with Gasteiger partial charge >= 0.3 is 5.97 Å². The van der Waals surface area contributed by atoms with E-state index in [1.165, 1.54) is 83.1 Å². The zero-order valence-corrected chi connectivity index (χ0v) is 20.9. The number of esters is 1. The molecule has 32 heavy (non-hydrogen) atoms. The van der Waals surface area contributed by atoms with Crippen LogP contribution in [0.3, 0.4) is 0 Å². The maximum absolute atomic E-state index is 12.2. The molecule has 0 saturated carbocycles. The molecule has 0 amide bonds. The minimum Gasteiger partial charge on any atom is -0.419 e. The number of rotatable bonds is 16. The van der Waals surface area contributed by atoms with Gasteiger partial charge in [-0.1, -0.05) is 90.4 Å². The van der Waals surface area contributed by atoms with Crippen LogP contribution in [0.4, 0.5) is 0 Å². The van der Waals surface area contributed by atoms with E-state index in [9.17, 15) is 14.9 Å². The molecule has 1 heterocycles. The van der Waals surface area contributed by atoms with Gasteiger partial charge in [0.05, 0.1) is 5.41 Å². The zero-order valence-electron chi connectivity index (χ0n) is 20.9. The van der Waals surface area contributed by atoms with Gasteiger partial charge in [0, 0.05) is 18.8 Å². The quantitative estimate of drug-likeness (QED) is 0.200. The summed E-state index contributed by atoms with van der Waals surface area (Å²) in [7, 11) is 0. The topological polar surface area (TPSA) is 72.1 Å². The second kappa shape index (κ2) is 15.7. The van der Waals surface area contributed by atoms with Crippen molar-refractivity contribution in [2.45, 2.75) is 124 Å². The third kappa shape index (κ3) is 11.0. The van der Waals surface area contributed by atoms with Gasteiger partial charge in [0.15, 0.2) is 5.69 Å². The van der Waals surface area contributed by atoms with Crippen LogP contribution < -0.4 is 10.2 Å². The van der Waals surface area contributed by atoms with Crippen molar-refractivity contribution < 1.29 is 9.53 Å². The van der Waals surface area contributed by atoms with Gasteiger partial charge in [-0.3, -0.25) is 9.59 Å². The monoisotopic (exact) mass is 444 g/mol. The molecule has 0 saturated heterocycles. The van der Waals surface area contributed by atoms with E-state index in [-0.39, 0.29) is 11.4 Å². The van der Waals surface area contributed by atoms with Gasteiger partial charge in [-0.05, 0) is 27.2 Å². The summed E-state index contributed by atoms with van der Waals surface area (Å²) in [4.78, 5) is 24.4. The predicted molar refractivity (Wildman–Crippen MR) is 131 cm³/mol. The van der Waals surface area contributed by atoms with Crippen LogP contribution in [0.15, 0.2) is 17.1 Å². The maximum atomic E-state index is 12.2. The Hall–Kier alpha value is -2.09. The molecule has 0 aliphatic heterocycles. The largest absolute Gasteiger partial charge is 0.419 e. The molecule has 1 aromatic rings. The SMILES string of the molecule is CCCCCCCCCCCCCCCCn1ccc(=O)c(OC(=O)C(C)(C)C)c1C#N. The Morgan fingerprint density at radius 2 is 1.38 bits per heavy atom. The summed E-state index contributed by atoms with van der Waals surface area (Å²) in [5, 5.41) is 9.55. The molecule has 0 aromatic carbocycles. The maximum Gasteiger partial charge on any atom is 0.316 e. The zero-order chi connectivity index (χ0) is 23.8. The fraction of sp³-hybridized carbons (Fsp3) is 0.741. The minimum atomic E-state index is -0.742. The Bertz CT molecular complexity index is 769. The Morgan fingerprint density at radius 3 is 1.81 bits per heavy atom. The van der Waals surface area contributed by atoms with E-state index in [2.05, 4.69) is 6.92 Å². The fourth-order valence-electron chi connectivity index (χ4n) is 3.68. The first-order valence-electron chi connectivity index (χ1n) is 12.7. The molecule has 0 atom stereocenters. The highest BCUT2D eigenvalue weighted by Gasteiger charge is 2.26. The molecule has 5 nitrogen and oxygen atoms in total. The molecule has 5 heteroatoms. The van der Waals surface area contributed by atoms with Gasteiger partial charge in [-0.15, -0.1) is 0 Å². The average Bonchev–Trinajstić information content (AvgIpc) is 2.75. The standard InChI is InChI=1S/C27H44N2O3/c1-5-6-7-8-9-10-11-12-13-14-15-16-17-18-20-29-21-19-24(30)25(23(29)22-28)32-26(31)27(2,3)4/h19,21H,5-18,20H2,1-4H3. The van der Waals surface area contributed by atoms with E-state index in [0.717, 1.165) is 12.8 Å². The third-order valence-corrected chi connectivity index (χ3v) is 5.80. The molecule has 0 unspecified atom stereocenters. The number of nitrogens with zero attached hydrogens (tertiary/aromatic N) is 2. The van der Waals surface area contributed by atoms with Crippen molar-refractivity contribution in [1.82, 2.24) is 4.57 Å². The highest BCUT2D eigenvalue weighted by atomic mass is 16.5. The van der Waals surface area contributed by atoms with Crippen molar-refractivity contribution in [1.29, 1.82) is 5.26 Å². The van der Waals surface area contributed by atoms with Crippen LogP contribution in [0.1, 0.15) is 123 Å². The Balaban J connectivity index is 2.28. The molecule has 1 rings (SSSR count). The molecule has 0 bridgehead atoms. The number of aromatic nitrogens is 1. The van der Waals surface area contributed by atoms with E-state index in [1.54, 1.807) is 31.5 Å². The summed E-state index contributed by atoms with van der Waals surface area (Å²) in [6.45, 7) is 8.06.